The van der Waals surface area contributed by atoms with Gasteiger partial charge >= 0.3 is 5.97 Å². The molecule has 0 amide bonds. The van der Waals surface area contributed by atoms with Crippen molar-refractivity contribution in [3.05, 3.63) is 34.9 Å². The lowest BCUT2D eigenvalue weighted by Gasteiger charge is -2.15. The summed E-state index contributed by atoms with van der Waals surface area (Å²) < 4.78 is 0. The molecule has 15 heavy (non-hydrogen) atoms. The molecule has 3 nitrogen and oxygen atoms in total. The van der Waals surface area contributed by atoms with E-state index in [9.17, 15) is 4.79 Å². The van der Waals surface area contributed by atoms with Crippen LogP contribution in [0.25, 0.3) is 0 Å². The van der Waals surface area contributed by atoms with E-state index in [1.165, 1.54) is 5.56 Å². The molecule has 0 fully saturated rings. The molecule has 0 bridgehead atoms. The minimum absolute atomic E-state index is 0.459. The van der Waals surface area contributed by atoms with Crippen LogP contribution in [-0.4, -0.2) is 29.6 Å². The van der Waals surface area contributed by atoms with Gasteiger partial charge in [-0.15, -0.1) is 0 Å². The highest BCUT2D eigenvalue weighted by Gasteiger charge is 2.17. The second-order valence-electron chi connectivity index (χ2n) is 4.09. The second-order valence-corrected chi connectivity index (χ2v) is 4.09. The summed E-state index contributed by atoms with van der Waals surface area (Å²) >= 11 is 0. The van der Waals surface area contributed by atoms with Crippen LogP contribution >= 0.6 is 0 Å². The molecule has 1 aliphatic rings. The summed E-state index contributed by atoms with van der Waals surface area (Å²) in [5.41, 5.74) is 2.64. The summed E-state index contributed by atoms with van der Waals surface area (Å²) in [7, 11) is 2.04. The molecule has 0 atom stereocenters. The predicted octanol–water partition coefficient (Wildman–Crippen LogP) is 1.76. The average Bonchev–Trinajstić information content (AvgIpc) is 2.37. The lowest BCUT2D eigenvalue weighted by molar-refractivity contribution is 0.0694. The molecule has 2 rings (SSSR count). The van der Waals surface area contributed by atoms with Crippen LogP contribution in [0, 0.1) is 0 Å². The van der Waals surface area contributed by atoms with Gasteiger partial charge in [-0.05, 0) is 43.6 Å². The molecular weight excluding hydrogens is 190 g/mol. The van der Waals surface area contributed by atoms with Crippen LogP contribution in [0.1, 0.15) is 27.9 Å². The molecular formula is C12H15NO2. The van der Waals surface area contributed by atoms with E-state index in [4.69, 9.17) is 5.11 Å². The lowest BCUT2D eigenvalue weighted by Crippen LogP contribution is -2.18. The number of hydrogen-bond donors (Lipinski definition) is 1. The van der Waals surface area contributed by atoms with E-state index in [0.29, 0.717) is 5.56 Å². The van der Waals surface area contributed by atoms with Gasteiger partial charge in [-0.3, -0.25) is 0 Å². The third-order valence-corrected chi connectivity index (χ3v) is 2.92. The fourth-order valence-electron chi connectivity index (χ4n) is 2.14. The SMILES string of the molecule is CN1CCCc2cccc(C(=O)O)c2C1. The summed E-state index contributed by atoms with van der Waals surface area (Å²) in [5, 5.41) is 9.10. The number of aryl methyl sites for hydroxylation is 1. The number of carboxylic acid groups (broad SMARTS) is 1. The standard InChI is InChI=1S/C12H15NO2/c1-13-7-3-5-9-4-2-6-10(12(14)15)11(9)8-13/h2,4,6H,3,5,7-8H2,1H3,(H,14,15). The first-order valence-corrected chi connectivity index (χ1v) is 5.21. The first kappa shape index (κ1) is 10.2. The largest absolute Gasteiger partial charge is 0.478 e. The zero-order valence-corrected chi connectivity index (χ0v) is 8.86. The average molecular weight is 205 g/mol. The molecule has 0 aliphatic carbocycles. The first-order valence-electron chi connectivity index (χ1n) is 5.21. The Hall–Kier alpha value is -1.35. The number of aromatic carboxylic acids is 1. The maximum absolute atomic E-state index is 11.1. The van der Waals surface area contributed by atoms with Crippen molar-refractivity contribution in [3.8, 4) is 0 Å². The van der Waals surface area contributed by atoms with Gasteiger partial charge in [-0.2, -0.15) is 0 Å². The number of benzene rings is 1. The fourth-order valence-corrected chi connectivity index (χ4v) is 2.14. The van der Waals surface area contributed by atoms with Gasteiger partial charge in [-0.25, -0.2) is 4.79 Å². The van der Waals surface area contributed by atoms with Gasteiger partial charge in [0, 0.05) is 6.54 Å². The van der Waals surface area contributed by atoms with Crippen LogP contribution in [-0.2, 0) is 13.0 Å². The summed E-state index contributed by atoms with van der Waals surface area (Å²) in [4.78, 5) is 13.3. The van der Waals surface area contributed by atoms with Gasteiger partial charge in [0.15, 0.2) is 0 Å². The number of carbonyl (C=O) groups is 1. The molecule has 3 heteroatoms. The fraction of sp³-hybridized carbons (Fsp3) is 0.417. The number of carboxylic acids is 1. The van der Waals surface area contributed by atoms with E-state index >= 15 is 0 Å². The Bertz CT molecular complexity index is 387. The molecule has 0 saturated carbocycles. The zero-order chi connectivity index (χ0) is 10.8. The molecule has 0 unspecified atom stereocenters. The Labute approximate surface area is 89.3 Å². The Morgan fingerprint density at radius 2 is 2.27 bits per heavy atom. The summed E-state index contributed by atoms with van der Waals surface area (Å²) in [6.45, 7) is 1.78. The quantitative estimate of drug-likeness (QED) is 0.759. The van der Waals surface area contributed by atoms with Gasteiger partial charge in [0.05, 0.1) is 5.56 Å². The van der Waals surface area contributed by atoms with E-state index in [1.807, 2.05) is 19.2 Å². The van der Waals surface area contributed by atoms with E-state index in [0.717, 1.165) is 31.5 Å². The Morgan fingerprint density at radius 3 is 3.00 bits per heavy atom. The number of nitrogens with zero attached hydrogens (tertiary/aromatic N) is 1. The summed E-state index contributed by atoms with van der Waals surface area (Å²) in [5.74, 6) is -0.817. The Morgan fingerprint density at radius 1 is 1.47 bits per heavy atom. The van der Waals surface area contributed by atoms with Crippen LogP contribution in [0.3, 0.4) is 0 Å². The highest BCUT2D eigenvalue weighted by molar-refractivity contribution is 5.89. The number of rotatable bonds is 1. The number of fused-ring (bicyclic) bond motifs is 1. The van der Waals surface area contributed by atoms with Crippen molar-refractivity contribution in [2.24, 2.45) is 0 Å². The van der Waals surface area contributed by atoms with Crippen molar-refractivity contribution < 1.29 is 9.90 Å². The van der Waals surface area contributed by atoms with Crippen molar-refractivity contribution in [1.82, 2.24) is 4.90 Å². The molecule has 0 aromatic heterocycles. The van der Waals surface area contributed by atoms with Gasteiger partial charge < -0.3 is 10.0 Å². The van der Waals surface area contributed by atoms with Crippen molar-refractivity contribution in [3.63, 3.8) is 0 Å². The minimum atomic E-state index is -0.817. The molecule has 1 heterocycles. The van der Waals surface area contributed by atoms with Crippen LogP contribution < -0.4 is 0 Å². The molecule has 0 radical (unpaired) electrons. The van der Waals surface area contributed by atoms with Crippen molar-refractivity contribution in [2.75, 3.05) is 13.6 Å². The van der Waals surface area contributed by atoms with Gasteiger partial charge in [0.1, 0.15) is 0 Å². The predicted molar refractivity (Wildman–Crippen MR) is 58.1 cm³/mol. The normalized spacial score (nSPS) is 16.9. The Kier molecular flexibility index (Phi) is 2.73. The Balaban J connectivity index is 2.47. The van der Waals surface area contributed by atoms with Crippen LogP contribution in [0.2, 0.25) is 0 Å². The third kappa shape index (κ3) is 2.02. The monoisotopic (exact) mass is 205 g/mol. The third-order valence-electron chi connectivity index (χ3n) is 2.92. The van der Waals surface area contributed by atoms with E-state index in [2.05, 4.69) is 4.90 Å². The van der Waals surface area contributed by atoms with Crippen molar-refractivity contribution in [2.45, 2.75) is 19.4 Å². The van der Waals surface area contributed by atoms with Gasteiger partial charge in [-0.1, -0.05) is 12.1 Å². The highest BCUT2D eigenvalue weighted by atomic mass is 16.4. The second kappa shape index (κ2) is 4.03. The number of hydrogen-bond acceptors (Lipinski definition) is 2. The van der Waals surface area contributed by atoms with E-state index < -0.39 is 5.97 Å². The lowest BCUT2D eigenvalue weighted by atomic mass is 9.99. The molecule has 1 aromatic carbocycles. The van der Waals surface area contributed by atoms with Crippen LogP contribution in [0.15, 0.2) is 18.2 Å². The first-order chi connectivity index (χ1) is 7.18. The van der Waals surface area contributed by atoms with Crippen molar-refractivity contribution in [1.29, 1.82) is 0 Å². The minimum Gasteiger partial charge on any atom is -0.478 e. The zero-order valence-electron chi connectivity index (χ0n) is 8.86. The van der Waals surface area contributed by atoms with Gasteiger partial charge in [0.25, 0.3) is 0 Å². The van der Waals surface area contributed by atoms with E-state index in [1.54, 1.807) is 6.07 Å². The van der Waals surface area contributed by atoms with E-state index in [-0.39, 0.29) is 0 Å². The molecule has 0 saturated heterocycles. The maximum Gasteiger partial charge on any atom is 0.336 e. The molecule has 1 aliphatic heterocycles. The van der Waals surface area contributed by atoms with Crippen LogP contribution in [0.4, 0.5) is 0 Å². The van der Waals surface area contributed by atoms with Gasteiger partial charge in [0.2, 0.25) is 0 Å². The van der Waals surface area contributed by atoms with Crippen LogP contribution in [0.5, 0.6) is 0 Å². The summed E-state index contributed by atoms with van der Waals surface area (Å²) in [6.07, 6.45) is 2.09. The topological polar surface area (TPSA) is 40.5 Å². The summed E-state index contributed by atoms with van der Waals surface area (Å²) in [6, 6.07) is 5.58. The smallest absolute Gasteiger partial charge is 0.336 e. The maximum atomic E-state index is 11.1. The molecule has 0 spiro atoms. The highest BCUT2D eigenvalue weighted by Crippen LogP contribution is 2.21. The molecule has 1 aromatic rings. The molecule has 1 N–H and O–H groups in total. The molecule has 80 valence electrons. The van der Waals surface area contributed by atoms with Crippen molar-refractivity contribution >= 4 is 5.97 Å².